The summed E-state index contributed by atoms with van der Waals surface area (Å²) < 4.78 is 0. The molecule has 1 N–H and O–H groups in total. The standard InChI is InChI=1S/C47H35N/c1-2-12-31(13-3-1)33-24-26-36(27-25-33)48-46-30-45-41(29-40(46)35-23-22-32-14-4-5-15-34(32)28-35)39-18-8-11-21-44(39)47(45)42-19-9-6-16-37(42)38-17-7-10-20-43(38)47/h1-3,6-13,16-30,48H,4-5,14-15H2. The highest BCUT2D eigenvalue weighted by atomic mass is 14.9. The van der Waals surface area contributed by atoms with Crippen molar-refractivity contribution in [2.75, 3.05) is 5.32 Å². The third-order valence-electron chi connectivity index (χ3n) is 11.1. The first-order valence-corrected chi connectivity index (χ1v) is 17.3. The third kappa shape index (κ3) is 3.97. The average molecular weight is 614 g/mol. The van der Waals surface area contributed by atoms with Crippen LogP contribution in [-0.4, -0.2) is 0 Å². The van der Waals surface area contributed by atoms with Crippen molar-refractivity contribution in [3.8, 4) is 44.5 Å². The fourth-order valence-electron chi connectivity index (χ4n) is 8.91. The van der Waals surface area contributed by atoms with Crippen LogP contribution in [0.2, 0.25) is 0 Å². The molecule has 3 aliphatic rings. The first-order valence-electron chi connectivity index (χ1n) is 17.3. The fraction of sp³-hybridized carbons (Fsp3) is 0.106. The number of benzene rings is 7. The molecule has 0 heterocycles. The lowest BCUT2D eigenvalue weighted by molar-refractivity contribution is 0.686. The summed E-state index contributed by atoms with van der Waals surface area (Å²) in [7, 11) is 0. The second-order valence-corrected chi connectivity index (χ2v) is 13.6. The summed E-state index contributed by atoms with van der Waals surface area (Å²) in [5.74, 6) is 0. The quantitative estimate of drug-likeness (QED) is 0.208. The number of hydrogen-bond donors (Lipinski definition) is 1. The van der Waals surface area contributed by atoms with Gasteiger partial charge in [-0.1, -0.05) is 133 Å². The van der Waals surface area contributed by atoms with Crippen molar-refractivity contribution in [2.24, 2.45) is 0 Å². The van der Waals surface area contributed by atoms with Crippen LogP contribution in [0.3, 0.4) is 0 Å². The smallest absolute Gasteiger partial charge is 0.0726 e. The Kier molecular flexibility index (Phi) is 6.11. The van der Waals surface area contributed by atoms with E-state index in [1.54, 1.807) is 0 Å². The summed E-state index contributed by atoms with van der Waals surface area (Å²) in [5, 5.41) is 3.94. The van der Waals surface area contributed by atoms with E-state index in [4.69, 9.17) is 0 Å². The average Bonchev–Trinajstić information content (AvgIpc) is 3.62. The molecule has 7 aromatic rings. The van der Waals surface area contributed by atoms with E-state index in [2.05, 4.69) is 163 Å². The van der Waals surface area contributed by atoms with Crippen LogP contribution in [0.25, 0.3) is 44.5 Å². The molecule has 1 heteroatoms. The van der Waals surface area contributed by atoms with Gasteiger partial charge in [0.15, 0.2) is 0 Å². The van der Waals surface area contributed by atoms with E-state index in [0.29, 0.717) is 0 Å². The molecule has 0 bridgehead atoms. The molecule has 0 fully saturated rings. The van der Waals surface area contributed by atoms with Crippen LogP contribution < -0.4 is 5.32 Å². The van der Waals surface area contributed by atoms with E-state index in [1.807, 2.05) is 0 Å². The van der Waals surface area contributed by atoms with Gasteiger partial charge in [0, 0.05) is 16.9 Å². The summed E-state index contributed by atoms with van der Waals surface area (Å²) in [6.45, 7) is 0. The Balaban J connectivity index is 1.21. The number of rotatable bonds is 4. The Morgan fingerprint density at radius 3 is 1.58 bits per heavy atom. The monoisotopic (exact) mass is 613 g/mol. The normalized spacial score (nSPS) is 14.5. The van der Waals surface area contributed by atoms with Gasteiger partial charge in [-0.2, -0.15) is 0 Å². The van der Waals surface area contributed by atoms with Crippen molar-refractivity contribution in [1.29, 1.82) is 0 Å². The molecule has 1 nitrogen and oxygen atoms in total. The lowest BCUT2D eigenvalue weighted by atomic mass is 9.70. The molecule has 0 radical (unpaired) electrons. The lowest BCUT2D eigenvalue weighted by Crippen LogP contribution is -2.26. The molecule has 1 spiro atoms. The number of hydrogen-bond acceptors (Lipinski definition) is 1. The highest BCUT2D eigenvalue weighted by Crippen LogP contribution is 2.63. The van der Waals surface area contributed by atoms with Gasteiger partial charge in [0.1, 0.15) is 0 Å². The maximum absolute atomic E-state index is 3.94. The Morgan fingerprint density at radius 1 is 0.375 bits per heavy atom. The molecule has 0 amide bonds. The van der Waals surface area contributed by atoms with E-state index < -0.39 is 0 Å². The van der Waals surface area contributed by atoms with E-state index in [0.717, 1.165) is 17.8 Å². The van der Waals surface area contributed by atoms with Crippen molar-refractivity contribution >= 4 is 11.4 Å². The zero-order valence-corrected chi connectivity index (χ0v) is 26.8. The van der Waals surface area contributed by atoms with Crippen LogP contribution in [-0.2, 0) is 18.3 Å². The third-order valence-corrected chi connectivity index (χ3v) is 11.1. The minimum Gasteiger partial charge on any atom is -0.355 e. The summed E-state index contributed by atoms with van der Waals surface area (Å²) in [6, 6.07) is 58.9. The van der Waals surface area contributed by atoms with E-state index in [9.17, 15) is 0 Å². The number of nitrogens with one attached hydrogen (secondary N) is 1. The largest absolute Gasteiger partial charge is 0.355 e. The Morgan fingerprint density at radius 2 is 0.917 bits per heavy atom. The van der Waals surface area contributed by atoms with Crippen LogP contribution in [0.5, 0.6) is 0 Å². The molecule has 0 atom stereocenters. The van der Waals surface area contributed by atoms with Gasteiger partial charge in [0.2, 0.25) is 0 Å². The number of fused-ring (bicyclic) bond motifs is 11. The van der Waals surface area contributed by atoms with Crippen LogP contribution in [0.15, 0.2) is 158 Å². The topological polar surface area (TPSA) is 12.0 Å². The van der Waals surface area contributed by atoms with Crippen molar-refractivity contribution in [2.45, 2.75) is 31.1 Å². The van der Waals surface area contributed by atoms with Gasteiger partial charge in [0.05, 0.1) is 5.41 Å². The van der Waals surface area contributed by atoms with Gasteiger partial charge >= 0.3 is 0 Å². The summed E-state index contributed by atoms with van der Waals surface area (Å²) in [6.07, 6.45) is 4.91. The highest BCUT2D eigenvalue weighted by Gasteiger charge is 2.51. The molecule has 48 heavy (non-hydrogen) atoms. The molecule has 7 aromatic carbocycles. The van der Waals surface area contributed by atoms with Crippen LogP contribution in [0, 0.1) is 0 Å². The van der Waals surface area contributed by atoms with Gasteiger partial charge < -0.3 is 5.32 Å². The molecular formula is C47H35N. The van der Waals surface area contributed by atoms with Crippen LogP contribution >= 0.6 is 0 Å². The second kappa shape index (κ2) is 10.7. The van der Waals surface area contributed by atoms with Gasteiger partial charge in [-0.25, -0.2) is 0 Å². The molecule has 10 rings (SSSR count). The zero-order chi connectivity index (χ0) is 31.7. The summed E-state index contributed by atoms with van der Waals surface area (Å²) in [4.78, 5) is 0. The maximum Gasteiger partial charge on any atom is 0.0726 e. The predicted molar refractivity (Wildman–Crippen MR) is 200 cm³/mol. The predicted octanol–water partition coefficient (Wildman–Crippen LogP) is 12.0. The second-order valence-electron chi connectivity index (χ2n) is 13.6. The molecule has 0 aromatic heterocycles. The molecule has 0 saturated carbocycles. The SMILES string of the molecule is c1ccc(-c2ccc(Nc3cc4c(cc3-c3ccc5c(c3)CCCC5)-c3ccccc3C43c4ccccc4-c4ccccc43)cc2)cc1. The zero-order valence-electron chi connectivity index (χ0n) is 26.8. The Labute approximate surface area is 282 Å². The van der Waals surface area contributed by atoms with E-state index >= 15 is 0 Å². The lowest BCUT2D eigenvalue weighted by Gasteiger charge is -2.31. The van der Waals surface area contributed by atoms with Crippen molar-refractivity contribution < 1.29 is 0 Å². The van der Waals surface area contributed by atoms with Gasteiger partial charge in [-0.05, 0) is 122 Å². The molecule has 228 valence electrons. The minimum atomic E-state index is -0.374. The van der Waals surface area contributed by atoms with Crippen molar-refractivity contribution in [1.82, 2.24) is 0 Å². The molecule has 0 saturated heterocycles. The molecule has 3 aliphatic carbocycles. The number of anilines is 2. The molecular weight excluding hydrogens is 579 g/mol. The van der Waals surface area contributed by atoms with E-state index in [1.165, 1.54) is 97.2 Å². The summed E-state index contributed by atoms with van der Waals surface area (Å²) in [5.41, 5.74) is 20.7. The first kappa shape index (κ1) is 27.5. The Hall–Kier alpha value is -5.66. The maximum atomic E-state index is 3.94. The fourth-order valence-corrected chi connectivity index (χ4v) is 8.91. The van der Waals surface area contributed by atoms with Gasteiger partial charge in [-0.3, -0.25) is 0 Å². The van der Waals surface area contributed by atoms with Crippen molar-refractivity contribution in [3.63, 3.8) is 0 Å². The first-order chi connectivity index (χ1) is 23.8. The van der Waals surface area contributed by atoms with Crippen molar-refractivity contribution in [3.05, 3.63) is 191 Å². The summed E-state index contributed by atoms with van der Waals surface area (Å²) >= 11 is 0. The minimum absolute atomic E-state index is 0.374. The van der Waals surface area contributed by atoms with Gasteiger partial charge in [-0.15, -0.1) is 0 Å². The molecule has 0 aliphatic heterocycles. The number of aryl methyl sites for hydroxylation is 2. The molecule has 0 unspecified atom stereocenters. The Bertz CT molecular complexity index is 2320. The van der Waals surface area contributed by atoms with Crippen LogP contribution in [0.1, 0.15) is 46.2 Å². The van der Waals surface area contributed by atoms with E-state index in [-0.39, 0.29) is 5.41 Å². The highest BCUT2D eigenvalue weighted by molar-refractivity contribution is 5.98. The van der Waals surface area contributed by atoms with Crippen LogP contribution in [0.4, 0.5) is 11.4 Å². The van der Waals surface area contributed by atoms with Gasteiger partial charge in [0.25, 0.3) is 0 Å².